The molecule has 0 unspecified atom stereocenters. The van der Waals surface area contributed by atoms with Crippen molar-refractivity contribution in [2.75, 3.05) is 7.11 Å². The molecule has 0 heterocycles. The van der Waals surface area contributed by atoms with Crippen molar-refractivity contribution in [3.63, 3.8) is 0 Å². The van der Waals surface area contributed by atoms with E-state index in [1.165, 1.54) is 7.11 Å². The predicted molar refractivity (Wildman–Crippen MR) is 73.8 cm³/mol. The average molecular weight is 281 g/mol. The molecule has 4 heteroatoms. The van der Waals surface area contributed by atoms with Crippen LogP contribution in [0.15, 0.2) is 36.4 Å². The molecule has 0 saturated heterocycles. The number of halogens is 2. The summed E-state index contributed by atoms with van der Waals surface area (Å²) < 4.78 is 5.09. The summed E-state index contributed by atoms with van der Waals surface area (Å²) in [5, 5.41) is 0.957. The van der Waals surface area contributed by atoms with E-state index in [9.17, 15) is 4.79 Å². The number of aldehydes is 1. The van der Waals surface area contributed by atoms with E-state index in [-0.39, 0.29) is 0 Å². The van der Waals surface area contributed by atoms with Crippen LogP contribution >= 0.6 is 23.2 Å². The van der Waals surface area contributed by atoms with Gasteiger partial charge in [-0.25, -0.2) is 0 Å². The van der Waals surface area contributed by atoms with Gasteiger partial charge in [0.05, 0.1) is 22.7 Å². The summed E-state index contributed by atoms with van der Waals surface area (Å²) in [6.07, 6.45) is 0.751. The first kappa shape index (κ1) is 12.9. The summed E-state index contributed by atoms with van der Waals surface area (Å²) in [6, 6.07) is 10.7. The fourth-order valence-electron chi connectivity index (χ4n) is 1.72. The van der Waals surface area contributed by atoms with Gasteiger partial charge in [-0.3, -0.25) is 4.79 Å². The zero-order valence-electron chi connectivity index (χ0n) is 9.61. The molecule has 0 N–H and O–H groups in total. The van der Waals surface area contributed by atoms with Crippen LogP contribution in [0.4, 0.5) is 0 Å². The van der Waals surface area contributed by atoms with Crippen LogP contribution in [0, 0.1) is 0 Å². The van der Waals surface area contributed by atoms with E-state index in [1.807, 2.05) is 18.2 Å². The van der Waals surface area contributed by atoms with Gasteiger partial charge in [-0.1, -0.05) is 41.4 Å². The molecular weight excluding hydrogens is 271 g/mol. The second-order valence-corrected chi connectivity index (χ2v) is 4.46. The van der Waals surface area contributed by atoms with Gasteiger partial charge < -0.3 is 4.74 Å². The summed E-state index contributed by atoms with van der Waals surface area (Å²) in [7, 11) is 1.52. The Morgan fingerprint density at radius 2 is 1.94 bits per heavy atom. The second-order valence-electron chi connectivity index (χ2n) is 3.68. The standard InChI is InChI=1S/C14H10Cl2O2/c1-18-13-6-5-9(7-10(13)8-17)11-3-2-4-12(15)14(11)16/h2-8H,1H3. The monoisotopic (exact) mass is 280 g/mol. The van der Waals surface area contributed by atoms with Gasteiger partial charge in [-0.2, -0.15) is 0 Å². The summed E-state index contributed by atoms with van der Waals surface area (Å²) in [5.41, 5.74) is 2.09. The quantitative estimate of drug-likeness (QED) is 0.775. The Bertz CT molecular complexity index is 594. The van der Waals surface area contributed by atoms with Gasteiger partial charge >= 0.3 is 0 Å². The van der Waals surface area contributed by atoms with Crippen molar-refractivity contribution in [3.05, 3.63) is 52.0 Å². The van der Waals surface area contributed by atoms with E-state index >= 15 is 0 Å². The third-order valence-electron chi connectivity index (χ3n) is 2.62. The molecule has 0 radical (unpaired) electrons. The molecule has 2 nitrogen and oxygen atoms in total. The maximum Gasteiger partial charge on any atom is 0.153 e. The zero-order valence-corrected chi connectivity index (χ0v) is 11.1. The molecule has 0 fully saturated rings. The SMILES string of the molecule is COc1ccc(-c2cccc(Cl)c2Cl)cc1C=O. The largest absolute Gasteiger partial charge is 0.496 e. The molecule has 0 amide bonds. The maximum atomic E-state index is 11.0. The maximum absolute atomic E-state index is 11.0. The lowest BCUT2D eigenvalue weighted by Gasteiger charge is -2.09. The summed E-state index contributed by atoms with van der Waals surface area (Å²) in [5.74, 6) is 0.534. The molecule has 2 aromatic rings. The lowest BCUT2D eigenvalue weighted by molar-refractivity contribution is 0.112. The fraction of sp³-hybridized carbons (Fsp3) is 0.0714. The molecule has 0 aliphatic carbocycles. The Kier molecular flexibility index (Phi) is 3.90. The number of benzene rings is 2. The Morgan fingerprint density at radius 1 is 1.17 bits per heavy atom. The highest BCUT2D eigenvalue weighted by molar-refractivity contribution is 6.43. The number of rotatable bonds is 3. The molecule has 0 atom stereocenters. The number of hydrogen-bond acceptors (Lipinski definition) is 2. The van der Waals surface area contributed by atoms with Gasteiger partial charge in [-0.05, 0) is 23.8 Å². The van der Waals surface area contributed by atoms with Crippen LogP contribution in [0.5, 0.6) is 5.75 Å². The third kappa shape index (κ3) is 2.35. The van der Waals surface area contributed by atoms with Crippen molar-refractivity contribution in [2.45, 2.75) is 0 Å². The Labute approximate surface area is 115 Å². The van der Waals surface area contributed by atoms with Gasteiger partial charge in [0.25, 0.3) is 0 Å². The van der Waals surface area contributed by atoms with Gasteiger partial charge in [0, 0.05) is 5.56 Å². The summed E-state index contributed by atoms with van der Waals surface area (Å²) in [4.78, 5) is 11.0. The van der Waals surface area contributed by atoms with Gasteiger partial charge in [0.2, 0.25) is 0 Å². The fourth-order valence-corrected chi connectivity index (χ4v) is 2.13. The lowest BCUT2D eigenvalue weighted by atomic mass is 10.0. The third-order valence-corrected chi connectivity index (χ3v) is 3.44. The molecule has 2 rings (SSSR count). The minimum atomic E-state index is 0.473. The van der Waals surface area contributed by atoms with Crippen molar-refractivity contribution in [3.8, 4) is 16.9 Å². The molecule has 0 aromatic heterocycles. The predicted octanol–water partition coefficient (Wildman–Crippen LogP) is 4.48. The Hall–Kier alpha value is -1.51. The highest BCUT2D eigenvalue weighted by atomic mass is 35.5. The smallest absolute Gasteiger partial charge is 0.153 e. The molecule has 18 heavy (non-hydrogen) atoms. The number of hydrogen-bond donors (Lipinski definition) is 0. The Morgan fingerprint density at radius 3 is 2.61 bits per heavy atom. The van der Waals surface area contributed by atoms with E-state index in [1.54, 1.807) is 18.2 Å². The number of carbonyl (C=O) groups excluding carboxylic acids is 1. The molecular formula is C14H10Cl2O2. The molecule has 0 saturated carbocycles. The topological polar surface area (TPSA) is 26.3 Å². The zero-order chi connectivity index (χ0) is 13.1. The van der Waals surface area contributed by atoms with Crippen molar-refractivity contribution in [2.24, 2.45) is 0 Å². The molecule has 92 valence electrons. The highest BCUT2D eigenvalue weighted by Crippen LogP contribution is 2.34. The van der Waals surface area contributed by atoms with Crippen molar-refractivity contribution in [1.29, 1.82) is 0 Å². The van der Waals surface area contributed by atoms with Crippen molar-refractivity contribution < 1.29 is 9.53 Å². The number of ether oxygens (including phenoxy) is 1. The first-order chi connectivity index (χ1) is 8.67. The average Bonchev–Trinajstić information content (AvgIpc) is 2.41. The van der Waals surface area contributed by atoms with Crippen LogP contribution in [0.3, 0.4) is 0 Å². The molecule has 0 spiro atoms. The van der Waals surface area contributed by atoms with Crippen LogP contribution in [-0.4, -0.2) is 13.4 Å². The first-order valence-electron chi connectivity index (χ1n) is 5.25. The summed E-state index contributed by atoms with van der Waals surface area (Å²) >= 11 is 12.1. The van der Waals surface area contributed by atoms with E-state index in [2.05, 4.69) is 0 Å². The molecule has 0 aliphatic heterocycles. The Balaban J connectivity index is 2.58. The number of methoxy groups -OCH3 is 1. The highest BCUT2D eigenvalue weighted by Gasteiger charge is 2.09. The van der Waals surface area contributed by atoms with E-state index < -0.39 is 0 Å². The van der Waals surface area contributed by atoms with Gasteiger partial charge in [0.15, 0.2) is 6.29 Å². The van der Waals surface area contributed by atoms with Gasteiger partial charge in [0.1, 0.15) is 5.75 Å². The van der Waals surface area contributed by atoms with Crippen LogP contribution in [0.2, 0.25) is 10.0 Å². The normalized spacial score (nSPS) is 10.2. The van der Waals surface area contributed by atoms with Crippen LogP contribution < -0.4 is 4.74 Å². The van der Waals surface area contributed by atoms with Crippen LogP contribution in [0.1, 0.15) is 10.4 Å². The van der Waals surface area contributed by atoms with E-state index in [0.29, 0.717) is 21.4 Å². The molecule has 0 bridgehead atoms. The van der Waals surface area contributed by atoms with Gasteiger partial charge in [-0.15, -0.1) is 0 Å². The minimum Gasteiger partial charge on any atom is -0.496 e. The first-order valence-corrected chi connectivity index (χ1v) is 6.00. The lowest BCUT2D eigenvalue weighted by Crippen LogP contribution is -1.91. The van der Waals surface area contributed by atoms with E-state index in [4.69, 9.17) is 27.9 Å². The number of carbonyl (C=O) groups is 1. The molecule has 2 aromatic carbocycles. The second kappa shape index (κ2) is 5.42. The summed E-state index contributed by atoms with van der Waals surface area (Å²) in [6.45, 7) is 0. The van der Waals surface area contributed by atoms with E-state index in [0.717, 1.165) is 17.4 Å². The molecule has 0 aliphatic rings. The van der Waals surface area contributed by atoms with Crippen LogP contribution in [-0.2, 0) is 0 Å². The van der Waals surface area contributed by atoms with Crippen molar-refractivity contribution in [1.82, 2.24) is 0 Å². The van der Waals surface area contributed by atoms with Crippen molar-refractivity contribution >= 4 is 29.5 Å². The van der Waals surface area contributed by atoms with Crippen LogP contribution in [0.25, 0.3) is 11.1 Å². The minimum absolute atomic E-state index is 0.473.